The Balaban J connectivity index is 1.97. The second-order valence-electron chi connectivity index (χ2n) is 7.85. The molecule has 0 N–H and O–H groups in total. The minimum Gasteiger partial charge on any atom is -0.486 e. The molecular formula is C19H25NO2. The van der Waals surface area contributed by atoms with Gasteiger partial charge in [0.15, 0.2) is 5.78 Å². The second kappa shape index (κ2) is 4.14. The number of carbonyl (C=O) groups excluding carboxylic acids is 1. The first-order valence-corrected chi connectivity index (χ1v) is 8.42. The van der Waals surface area contributed by atoms with E-state index in [1.165, 1.54) is 6.42 Å². The number of Topliss-reactive ketones (excluding diaryl/α,β-unsaturated/α-hetero) is 1. The Morgan fingerprint density at radius 2 is 1.91 bits per heavy atom. The lowest BCUT2D eigenvalue weighted by Crippen LogP contribution is -2.73. The molecule has 2 saturated heterocycles. The molecule has 3 aliphatic heterocycles. The Morgan fingerprint density at radius 3 is 2.68 bits per heavy atom. The van der Waals surface area contributed by atoms with Crippen molar-refractivity contribution in [2.75, 3.05) is 13.1 Å². The van der Waals surface area contributed by atoms with E-state index in [2.05, 4.69) is 25.7 Å². The molecule has 0 amide bonds. The Hall–Kier alpha value is -1.35. The zero-order valence-corrected chi connectivity index (χ0v) is 14.0. The minimum atomic E-state index is -0.492. The molecule has 4 rings (SSSR count). The Kier molecular flexibility index (Phi) is 2.68. The number of hydrogen-bond donors (Lipinski definition) is 0. The van der Waals surface area contributed by atoms with E-state index in [0.29, 0.717) is 0 Å². The molecule has 0 bridgehead atoms. The van der Waals surface area contributed by atoms with Crippen molar-refractivity contribution < 1.29 is 9.53 Å². The first-order valence-electron chi connectivity index (χ1n) is 8.42. The van der Waals surface area contributed by atoms with Crippen molar-refractivity contribution in [1.29, 1.82) is 0 Å². The fraction of sp³-hybridized carbons (Fsp3) is 0.632. The van der Waals surface area contributed by atoms with Crippen LogP contribution in [0.3, 0.4) is 0 Å². The van der Waals surface area contributed by atoms with Crippen LogP contribution in [0.25, 0.3) is 0 Å². The van der Waals surface area contributed by atoms with Crippen LogP contribution in [-0.2, 0) is 0 Å². The Morgan fingerprint density at radius 1 is 1.14 bits per heavy atom. The van der Waals surface area contributed by atoms with Crippen molar-refractivity contribution in [3.05, 3.63) is 29.3 Å². The molecular weight excluding hydrogens is 274 g/mol. The van der Waals surface area contributed by atoms with Gasteiger partial charge in [0.25, 0.3) is 0 Å². The summed E-state index contributed by atoms with van der Waals surface area (Å²) in [5.41, 5.74) is 0.827. The molecule has 0 spiro atoms. The highest BCUT2D eigenvalue weighted by Crippen LogP contribution is 2.60. The van der Waals surface area contributed by atoms with Gasteiger partial charge in [0.05, 0.1) is 11.0 Å². The summed E-state index contributed by atoms with van der Waals surface area (Å²) < 4.78 is 6.50. The molecule has 0 saturated carbocycles. The summed E-state index contributed by atoms with van der Waals surface area (Å²) in [7, 11) is 0. The van der Waals surface area contributed by atoms with Crippen molar-refractivity contribution in [3.63, 3.8) is 0 Å². The maximum Gasteiger partial charge on any atom is 0.178 e. The number of aryl methyl sites for hydroxylation is 1. The van der Waals surface area contributed by atoms with Crippen LogP contribution in [0.15, 0.2) is 18.2 Å². The number of ketones is 1. The van der Waals surface area contributed by atoms with Gasteiger partial charge < -0.3 is 4.74 Å². The molecule has 1 aromatic rings. The van der Waals surface area contributed by atoms with E-state index >= 15 is 0 Å². The van der Waals surface area contributed by atoms with Gasteiger partial charge in [-0.05, 0) is 58.7 Å². The zero-order valence-electron chi connectivity index (χ0n) is 14.0. The van der Waals surface area contributed by atoms with Crippen molar-refractivity contribution in [2.45, 2.75) is 58.1 Å². The molecule has 3 heterocycles. The SMILES string of the molecule is Cc1cccc2c1C(=O)[C@]1(C)[C@](C)(CCN3CCC[C@]31C)O2. The quantitative estimate of drug-likeness (QED) is 0.733. The van der Waals surface area contributed by atoms with Crippen LogP contribution in [0.1, 0.15) is 56.0 Å². The standard InChI is InChI=1S/C19H25NO2/c1-13-7-5-8-14-15(13)16(21)19(4)17(2)9-6-11-20(17)12-10-18(19,3)22-14/h5,7-8H,6,9-12H2,1-4H3/t17-,18-,19-/m0/s1. The highest BCUT2D eigenvalue weighted by Gasteiger charge is 2.69. The predicted molar refractivity (Wildman–Crippen MR) is 86.5 cm³/mol. The lowest BCUT2D eigenvalue weighted by atomic mass is 9.53. The molecule has 3 atom stereocenters. The molecule has 0 aliphatic carbocycles. The average molecular weight is 299 g/mol. The third kappa shape index (κ3) is 1.39. The van der Waals surface area contributed by atoms with Gasteiger partial charge in [-0.1, -0.05) is 12.1 Å². The van der Waals surface area contributed by atoms with E-state index in [9.17, 15) is 4.79 Å². The number of carbonyl (C=O) groups is 1. The maximum absolute atomic E-state index is 13.6. The molecule has 0 radical (unpaired) electrons. The summed E-state index contributed by atoms with van der Waals surface area (Å²) in [6, 6.07) is 5.96. The minimum absolute atomic E-state index is 0.100. The summed E-state index contributed by atoms with van der Waals surface area (Å²) >= 11 is 0. The topological polar surface area (TPSA) is 29.5 Å². The predicted octanol–water partition coefficient (Wildman–Crippen LogP) is 3.59. The van der Waals surface area contributed by atoms with Crippen LogP contribution in [0.4, 0.5) is 0 Å². The van der Waals surface area contributed by atoms with Crippen LogP contribution < -0.4 is 4.74 Å². The van der Waals surface area contributed by atoms with E-state index < -0.39 is 11.0 Å². The molecule has 118 valence electrons. The Labute approximate surface area is 132 Å². The van der Waals surface area contributed by atoms with Gasteiger partial charge >= 0.3 is 0 Å². The highest BCUT2D eigenvalue weighted by molar-refractivity contribution is 6.06. The summed E-state index contributed by atoms with van der Waals surface area (Å²) in [5, 5.41) is 0. The summed E-state index contributed by atoms with van der Waals surface area (Å²) in [4.78, 5) is 16.2. The van der Waals surface area contributed by atoms with Gasteiger partial charge in [0.1, 0.15) is 11.4 Å². The van der Waals surface area contributed by atoms with Crippen molar-refractivity contribution >= 4 is 5.78 Å². The fourth-order valence-corrected chi connectivity index (χ4v) is 5.26. The monoisotopic (exact) mass is 299 g/mol. The molecule has 2 fully saturated rings. The van der Waals surface area contributed by atoms with Crippen LogP contribution in [0, 0.1) is 12.3 Å². The van der Waals surface area contributed by atoms with Crippen molar-refractivity contribution in [3.8, 4) is 5.75 Å². The first kappa shape index (κ1) is 14.3. The van der Waals surface area contributed by atoms with Crippen molar-refractivity contribution in [2.24, 2.45) is 5.41 Å². The van der Waals surface area contributed by atoms with E-state index in [1.807, 2.05) is 25.1 Å². The number of rotatable bonds is 0. The van der Waals surface area contributed by atoms with Crippen LogP contribution in [-0.4, -0.2) is 34.9 Å². The molecule has 0 unspecified atom stereocenters. The molecule has 1 aromatic carbocycles. The number of fused-ring (bicyclic) bond motifs is 4. The van der Waals surface area contributed by atoms with Gasteiger partial charge in [0, 0.05) is 18.5 Å². The number of hydrogen-bond acceptors (Lipinski definition) is 3. The Bertz CT molecular complexity index is 669. The fourth-order valence-electron chi connectivity index (χ4n) is 5.26. The smallest absolute Gasteiger partial charge is 0.178 e. The summed E-state index contributed by atoms with van der Waals surface area (Å²) in [6.45, 7) is 10.7. The molecule has 0 aromatic heterocycles. The van der Waals surface area contributed by atoms with E-state index in [-0.39, 0.29) is 11.3 Å². The van der Waals surface area contributed by atoms with Gasteiger partial charge in [-0.2, -0.15) is 0 Å². The molecule has 3 nitrogen and oxygen atoms in total. The maximum atomic E-state index is 13.6. The van der Waals surface area contributed by atoms with Crippen LogP contribution in [0.2, 0.25) is 0 Å². The average Bonchev–Trinajstić information content (AvgIpc) is 2.85. The third-order valence-corrected chi connectivity index (χ3v) is 7.03. The normalized spacial score (nSPS) is 40.6. The van der Waals surface area contributed by atoms with E-state index in [0.717, 1.165) is 42.8 Å². The molecule has 22 heavy (non-hydrogen) atoms. The molecule has 3 aliphatic rings. The van der Waals surface area contributed by atoms with Crippen LogP contribution in [0.5, 0.6) is 5.75 Å². The van der Waals surface area contributed by atoms with Crippen molar-refractivity contribution in [1.82, 2.24) is 4.90 Å². The van der Waals surface area contributed by atoms with Crippen LogP contribution >= 0.6 is 0 Å². The lowest BCUT2D eigenvalue weighted by molar-refractivity contribution is -0.141. The zero-order chi connectivity index (χ0) is 15.8. The largest absolute Gasteiger partial charge is 0.486 e. The summed E-state index contributed by atoms with van der Waals surface area (Å²) in [6.07, 6.45) is 3.17. The third-order valence-electron chi connectivity index (χ3n) is 7.03. The number of benzene rings is 1. The van der Waals surface area contributed by atoms with Gasteiger partial charge in [-0.25, -0.2) is 0 Å². The second-order valence-corrected chi connectivity index (χ2v) is 7.85. The lowest BCUT2D eigenvalue weighted by Gasteiger charge is -2.62. The van der Waals surface area contributed by atoms with Gasteiger partial charge in [0.2, 0.25) is 0 Å². The molecule has 3 heteroatoms. The van der Waals surface area contributed by atoms with E-state index in [1.54, 1.807) is 0 Å². The first-order chi connectivity index (χ1) is 10.3. The number of ether oxygens (including phenoxy) is 1. The van der Waals surface area contributed by atoms with Gasteiger partial charge in [-0.15, -0.1) is 0 Å². The van der Waals surface area contributed by atoms with E-state index in [4.69, 9.17) is 4.74 Å². The summed E-state index contributed by atoms with van der Waals surface area (Å²) in [5.74, 6) is 1.06. The number of nitrogens with zero attached hydrogens (tertiary/aromatic N) is 1. The van der Waals surface area contributed by atoms with Gasteiger partial charge in [-0.3, -0.25) is 9.69 Å². The number of piperidine rings is 1. The highest BCUT2D eigenvalue weighted by atomic mass is 16.5.